The predicted octanol–water partition coefficient (Wildman–Crippen LogP) is 5.00. The maximum absolute atomic E-state index is 14.3. The highest BCUT2D eigenvalue weighted by Gasteiger charge is 2.76. The third-order valence-corrected chi connectivity index (χ3v) is 11.2. The first-order chi connectivity index (χ1) is 19.1. The first-order valence-corrected chi connectivity index (χ1v) is 14.8. The van der Waals surface area contributed by atoms with Crippen molar-refractivity contribution in [1.82, 2.24) is 0 Å². The summed E-state index contributed by atoms with van der Waals surface area (Å²) in [5.41, 5.74) is -6.16. The molecule has 6 atom stereocenters. The van der Waals surface area contributed by atoms with Crippen molar-refractivity contribution in [3.05, 3.63) is 51.5 Å². The Balaban J connectivity index is 1.77. The van der Waals surface area contributed by atoms with Gasteiger partial charge >= 0.3 is 0 Å². The molecule has 0 radical (unpaired) electrons. The first kappa shape index (κ1) is 29.5. The van der Waals surface area contributed by atoms with Crippen molar-refractivity contribution in [3.8, 4) is 5.75 Å². The van der Waals surface area contributed by atoms with Crippen LogP contribution in [0.4, 0.5) is 0 Å². The lowest BCUT2D eigenvalue weighted by Crippen LogP contribution is -2.73. The van der Waals surface area contributed by atoms with E-state index in [1.165, 1.54) is 13.3 Å². The van der Waals surface area contributed by atoms with Crippen LogP contribution >= 0.6 is 0 Å². The fourth-order valence-corrected chi connectivity index (χ4v) is 8.85. The van der Waals surface area contributed by atoms with E-state index < -0.39 is 74.7 Å². The molecule has 1 saturated carbocycles. The Hall–Kier alpha value is -2.97. The summed E-state index contributed by atoms with van der Waals surface area (Å²) in [5, 5.41) is 59.0. The van der Waals surface area contributed by atoms with Crippen LogP contribution in [-0.4, -0.2) is 54.6 Å². The minimum absolute atomic E-state index is 0.00177. The zero-order chi connectivity index (χ0) is 30.4. The standard InChI is InChI=1S/C33H42O8/c1-15(2)23-26(36)21(17(4)34)28(38)33(41)29(39)24-27(37)22-20(16(3)31(24,5)30(40)32(23,33)6)13-12-19(25(22)35)14-18-10-8-7-9-11-18/h12-13,15-16,18,23,30,35-36,39-41H,7-11,14H2,1-6H3/t16-,23?,30-,31+,32+,33+/m1/s1. The molecule has 0 bridgehead atoms. The van der Waals surface area contributed by atoms with E-state index >= 15 is 0 Å². The minimum atomic E-state index is -2.87. The molecule has 8 heteroatoms. The second-order valence-corrected chi connectivity index (χ2v) is 13.6. The highest BCUT2D eigenvalue weighted by atomic mass is 16.4. The molecule has 1 unspecified atom stereocenters. The maximum atomic E-state index is 14.3. The van der Waals surface area contributed by atoms with Crippen LogP contribution in [0, 0.1) is 28.6 Å². The molecule has 222 valence electrons. The van der Waals surface area contributed by atoms with Gasteiger partial charge in [-0.05, 0) is 42.2 Å². The number of phenols is 1. The molecule has 5 rings (SSSR count). The number of carbonyl (C=O) groups excluding carboxylic acids is 3. The number of allylic oxidation sites excluding steroid dienone is 1. The van der Waals surface area contributed by atoms with E-state index in [-0.39, 0.29) is 16.9 Å². The van der Waals surface area contributed by atoms with Crippen LogP contribution in [0.25, 0.3) is 0 Å². The summed E-state index contributed by atoms with van der Waals surface area (Å²) >= 11 is 0. The lowest BCUT2D eigenvalue weighted by atomic mass is 9.41. The average Bonchev–Trinajstić information content (AvgIpc) is 2.90. The summed E-state index contributed by atoms with van der Waals surface area (Å²) in [6, 6.07) is 3.62. The fraction of sp³-hybridized carbons (Fsp3) is 0.606. The quantitative estimate of drug-likeness (QED) is 0.319. The number of Topliss-reactive ketones (excluding diaryl/α,β-unsaturated/α-hetero) is 3. The molecule has 1 aromatic carbocycles. The van der Waals surface area contributed by atoms with Crippen molar-refractivity contribution in [2.75, 3.05) is 0 Å². The van der Waals surface area contributed by atoms with Gasteiger partial charge in [0.1, 0.15) is 22.8 Å². The Morgan fingerprint density at radius 3 is 2.22 bits per heavy atom. The summed E-state index contributed by atoms with van der Waals surface area (Å²) in [4.78, 5) is 40.7. The molecule has 0 heterocycles. The summed E-state index contributed by atoms with van der Waals surface area (Å²) in [7, 11) is 0. The smallest absolute Gasteiger partial charge is 0.209 e. The number of aliphatic hydroxyl groups is 4. The van der Waals surface area contributed by atoms with Crippen LogP contribution < -0.4 is 0 Å². The van der Waals surface area contributed by atoms with Crippen molar-refractivity contribution >= 4 is 17.3 Å². The molecule has 8 nitrogen and oxygen atoms in total. The van der Waals surface area contributed by atoms with Crippen LogP contribution in [0.3, 0.4) is 0 Å². The second-order valence-electron chi connectivity index (χ2n) is 13.6. The molecule has 1 aromatic rings. The number of hydrogen-bond acceptors (Lipinski definition) is 8. The molecule has 0 spiro atoms. The molecule has 1 fully saturated rings. The number of aliphatic hydroxyl groups excluding tert-OH is 3. The molecule has 5 N–H and O–H groups in total. The van der Waals surface area contributed by atoms with Gasteiger partial charge in [-0.25, -0.2) is 0 Å². The van der Waals surface area contributed by atoms with Gasteiger partial charge in [0.15, 0.2) is 17.2 Å². The van der Waals surface area contributed by atoms with E-state index in [0.29, 0.717) is 23.5 Å². The number of carbonyl (C=O) groups is 3. The van der Waals surface area contributed by atoms with E-state index in [0.717, 1.165) is 32.6 Å². The summed E-state index contributed by atoms with van der Waals surface area (Å²) in [5.74, 6) is -6.31. The van der Waals surface area contributed by atoms with Crippen LogP contribution in [-0.2, 0) is 16.0 Å². The Labute approximate surface area is 240 Å². The van der Waals surface area contributed by atoms with E-state index in [9.17, 15) is 39.9 Å². The Morgan fingerprint density at radius 2 is 1.66 bits per heavy atom. The third kappa shape index (κ3) is 3.56. The van der Waals surface area contributed by atoms with Gasteiger partial charge in [0.25, 0.3) is 0 Å². The highest BCUT2D eigenvalue weighted by Crippen LogP contribution is 2.67. The summed E-state index contributed by atoms with van der Waals surface area (Å²) in [6.45, 7) is 9.33. The van der Waals surface area contributed by atoms with Gasteiger partial charge in [0, 0.05) is 16.7 Å². The zero-order valence-corrected chi connectivity index (χ0v) is 24.7. The van der Waals surface area contributed by atoms with Gasteiger partial charge in [-0.15, -0.1) is 0 Å². The molecule has 4 aliphatic carbocycles. The van der Waals surface area contributed by atoms with Crippen molar-refractivity contribution in [2.24, 2.45) is 28.6 Å². The minimum Gasteiger partial charge on any atom is -0.511 e. The maximum Gasteiger partial charge on any atom is 0.209 e. The summed E-state index contributed by atoms with van der Waals surface area (Å²) in [6.07, 6.45) is 4.51. The average molecular weight is 567 g/mol. The van der Waals surface area contributed by atoms with Gasteiger partial charge in [0.2, 0.25) is 5.78 Å². The lowest BCUT2D eigenvalue weighted by Gasteiger charge is -2.63. The van der Waals surface area contributed by atoms with Crippen molar-refractivity contribution in [1.29, 1.82) is 0 Å². The number of ketones is 3. The SMILES string of the molecule is CC(=O)C1=C(O)C(C(C)C)[C@@]2(C)[C@H](O)[C@]3(C)C(=C(O)[C@@]2(O)C1=O)C(=O)c1c(ccc(CC2CCCCC2)c1O)[C@H]3C. The highest BCUT2D eigenvalue weighted by molar-refractivity contribution is 6.25. The normalized spacial score (nSPS) is 35.9. The Kier molecular flexibility index (Phi) is 6.86. The Morgan fingerprint density at radius 1 is 1.05 bits per heavy atom. The second kappa shape index (κ2) is 9.53. The number of rotatable bonds is 4. The predicted molar refractivity (Wildman–Crippen MR) is 152 cm³/mol. The monoisotopic (exact) mass is 566 g/mol. The summed E-state index contributed by atoms with van der Waals surface area (Å²) < 4.78 is 0. The number of benzene rings is 1. The lowest BCUT2D eigenvalue weighted by molar-refractivity contribution is -0.211. The molecular formula is C33H42O8. The molecule has 0 saturated heterocycles. The zero-order valence-electron chi connectivity index (χ0n) is 24.7. The van der Waals surface area contributed by atoms with Crippen molar-refractivity contribution < 1.29 is 39.9 Å². The van der Waals surface area contributed by atoms with E-state index in [1.54, 1.807) is 33.8 Å². The third-order valence-electron chi connectivity index (χ3n) is 11.2. The van der Waals surface area contributed by atoms with Crippen LogP contribution in [0.1, 0.15) is 101 Å². The first-order valence-electron chi connectivity index (χ1n) is 14.8. The van der Waals surface area contributed by atoms with Crippen LogP contribution in [0.2, 0.25) is 0 Å². The molecule has 41 heavy (non-hydrogen) atoms. The van der Waals surface area contributed by atoms with E-state index in [1.807, 2.05) is 6.07 Å². The van der Waals surface area contributed by atoms with Gasteiger partial charge in [-0.2, -0.15) is 0 Å². The fourth-order valence-electron chi connectivity index (χ4n) is 8.85. The Bertz CT molecular complexity index is 1410. The van der Waals surface area contributed by atoms with E-state index in [4.69, 9.17) is 0 Å². The molecular weight excluding hydrogens is 524 g/mol. The van der Waals surface area contributed by atoms with E-state index in [2.05, 4.69) is 0 Å². The molecule has 4 aliphatic rings. The van der Waals surface area contributed by atoms with Crippen LogP contribution in [0.5, 0.6) is 5.75 Å². The molecule has 0 aromatic heterocycles. The number of aromatic hydroxyl groups is 1. The number of fused-ring (bicyclic) bond motifs is 3. The topological polar surface area (TPSA) is 152 Å². The van der Waals surface area contributed by atoms with Gasteiger partial charge < -0.3 is 25.5 Å². The molecule has 0 amide bonds. The van der Waals surface area contributed by atoms with Gasteiger partial charge in [-0.3, -0.25) is 14.4 Å². The van der Waals surface area contributed by atoms with Gasteiger partial charge in [0.05, 0.1) is 17.2 Å². The largest absolute Gasteiger partial charge is 0.511 e. The van der Waals surface area contributed by atoms with Crippen LogP contribution in [0.15, 0.2) is 34.8 Å². The number of phenolic OH excluding ortho intramolecular Hbond substituents is 1. The van der Waals surface area contributed by atoms with Gasteiger partial charge in [-0.1, -0.05) is 78.9 Å². The van der Waals surface area contributed by atoms with Crippen molar-refractivity contribution in [2.45, 2.75) is 97.7 Å². The van der Waals surface area contributed by atoms with Crippen molar-refractivity contribution in [3.63, 3.8) is 0 Å². The number of hydrogen-bond donors (Lipinski definition) is 5. The molecule has 0 aliphatic heterocycles.